The van der Waals surface area contributed by atoms with Crippen LogP contribution in [0.4, 0.5) is 9.59 Å². The number of ether oxygens (including phenoxy) is 1. The first kappa shape index (κ1) is 18.3. The molecule has 110 valence electrons. The summed E-state index contributed by atoms with van der Waals surface area (Å²) in [5, 5.41) is 10.1. The molecule has 0 heterocycles. The largest absolute Gasteiger partial charge is 0.468 e. The summed E-state index contributed by atoms with van der Waals surface area (Å²) in [5.74, 6) is 0.710. The molecule has 0 rings (SSSR count). The predicted octanol–water partition coefficient (Wildman–Crippen LogP) is 2.17. The van der Waals surface area contributed by atoms with Gasteiger partial charge < -0.3 is 10.1 Å². The highest BCUT2D eigenvalue weighted by molar-refractivity contribution is 14.1. The maximum absolute atomic E-state index is 12.0. The molecule has 0 atom stereocenters. The zero-order chi connectivity index (χ0) is 15.1. The van der Waals surface area contributed by atoms with Gasteiger partial charge in [-0.15, -0.1) is 0 Å². The number of rotatable bonds is 3. The highest BCUT2D eigenvalue weighted by atomic mass is 127. The second-order valence-electron chi connectivity index (χ2n) is 4.47. The normalized spacial score (nSPS) is 10.6. The van der Waals surface area contributed by atoms with Crippen LogP contribution in [-0.4, -0.2) is 45.8 Å². The number of urea groups is 2. The third-order valence-electron chi connectivity index (χ3n) is 1.62. The Morgan fingerprint density at radius 1 is 1.37 bits per heavy atom. The fourth-order valence-electron chi connectivity index (χ4n) is 0.942. The molecule has 0 aromatic heterocycles. The fraction of sp³-hybridized carbons (Fsp3) is 0.700. The molecule has 0 fully saturated rings. The molecule has 0 aliphatic rings. The van der Waals surface area contributed by atoms with E-state index in [0.717, 1.165) is 4.43 Å². The number of amides is 4. The molecule has 0 bridgehead atoms. The van der Waals surface area contributed by atoms with Crippen LogP contribution < -0.4 is 10.0 Å². The molecule has 0 spiro atoms. The van der Waals surface area contributed by atoms with E-state index in [1.54, 1.807) is 20.8 Å². The number of hydrogen-bond donors (Lipinski definition) is 3. The Hall–Kier alpha value is -0.710. The van der Waals surface area contributed by atoms with Gasteiger partial charge in [0, 0.05) is 15.7 Å². The number of carbonyl (C=O) groups is 2. The maximum Gasteiger partial charge on any atom is 0.343 e. The molecule has 0 aromatic carbocycles. The molecule has 0 aliphatic heterocycles. The van der Waals surface area contributed by atoms with Gasteiger partial charge in [-0.05, 0) is 32.7 Å². The molecule has 3 N–H and O–H groups in total. The third kappa shape index (κ3) is 7.45. The predicted molar refractivity (Wildman–Crippen MR) is 84.7 cm³/mol. The lowest BCUT2D eigenvalue weighted by Crippen LogP contribution is -2.54. The Morgan fingerprint density at radius 3 is 2.37 bits per heavy atom. The molecular weight excluding hydrogens is 383 g/mol. The third-order valence-corrected chi connectivity index (χ3v) is 3.62. The van der Waals surface area contributed by atoms with Crippen molar-refractivity contribution in [1.82, 2.24) is 14.9 Å². The van der Waals surface area contributed by atoms with Crippen molar-refractivity contribution in [1.29, 1.82) is 5.41 Å². The first-order valence-corrected chi connectivity index (χ1v) is 7.96. The van der Waals surface area contributed by atoms with Gasteiger partial charge in [-0.2, -0.15) is 4.90 Å². The van der Waals surface area contributed by atoms with Gasteiger partial charge in [0.15, 0.2) is 0 Å². The van der Waals surface area contributed by atoms with Crippen LogP contribution in [-0.2, 0) is 4.74 Å². The van der Waals surface area contributed by atoms with Crippen LogP contribution in [0.25, 0.3) is 0 Å². The van der Waals surface area contributed by atoms with E-state index in [1.165, 1.54) is 19.1 Å². The summed E-state index contributed by atoms with van der Waals surface area (Å²) in [6, 6.07) is -1.94. The molecule has 4 amide bonds. The molecule has 0 saturated carbocycles. The van der Waals surface area contributed by atoms with E-state index >= 15 is 0 Å². The summed E-state index contributed by atoms with van der Waals surface area (Å²) in [7, 11) is 1.23. The summed E-state index contributed by atoms with van der Waals surface area (Å²) < 4.78 is 7.99. The Morgan fingerprint density at radius 2 is 1.95 bits per heavy atom. The van der Waals surface area contributed by atoms with Crippen molar-refractivity contribution in [2.24, 2.45) is 0 Å². The molecule has 0 saturated heterocycles. The molecule has 19 heavy (non-hydrogen) atoms. The molecule has 0 aromatic rings. The number of imide groups is 1. The lowest BCUT2D eigenvalue weighted by molar-refractivity contribution is 0.192. The van der Waals surface area contributed by atoms with Crippen molar-refractivity contribution in [3.8, 4) is 0 Å². The van der Waals surface area contributed by atoms with Crippen LogP contribution in [0.3, 0.4) is 0 Å². The topological polar surface area (TPSA) is 94.5 Å². The number of hydrogen-bond acceptors (Lipinski definition) is 5. The van der Waals surface area contributed by atoms with E-state index in [-0.39, 0.29) is 0 Å². The summed E-state index contributed by atoms with van der Waals surface area (Å²) in [4.78, 5) is 24.4. The lowest BCUT2D eigenvalue weighted by atomic mass is 10.1. The quantitative estimate of drug-likeness (QED) is 0.168. The van der Waals surface area contributed by atoms with Crippen molar-refractivity contribution in [3.05, 3.63) is 0 Å². The smallest absolute Gasteiger partial charge is 0.343 e. The molecule has 9 heteroatoms. The van der Waals surface area contributed by atoms with E-state index < -0.39 is 23.6 Å². The summed E-state index contributed by atoms with van der Waals surface area (Å²) >= 11 is 3.34. The molecule has 7 nitrogen and oxygen atoms in total. The number of nitrogens with one attached hydrogen (secondary N) is 3. The van der Waals surface area contributed by atoms with E-state index in [4.69, 9.17) is 5.41 Å². The standard InChI is InChI=1S/C10H19IN4O3S/c1-10(2,3)13-8(16)15(7(12)18-4)9(17)14-19-6-5-11/h12H,5-6H2,1-4H3,(H,13,16)(H,14,17). The SMILES string of the molecule is COC(=N)N(C(=O)NSCCI)C(=O)NC(C)(C)C. The summed E-state index contributed by atoms with van der Waals surface area (Å²) in [5.41, 5.74) is -0.515. The average Bonchev–Trinajstić information content (AvgIpc) is 2.26. The first-order chi connectivity index (χ1) is 8.72. The number of halogens is 1. The van der Waals surface area contributed by atoms with E-state index in [2.05, 4.69) is 37.4 Å². The Kier molecular flexibility index (Phi) is 8.14. The van der Waals surface area contributed by atoms with Crippen LogP contribution in [0.5, 0.6) is 0 Å². The van der Waals surface area contributed by atoms with Crippen molar-refractivity contribution < 1.29 is 14.3 Å². The van der Waals surface area contributed by atoms with Gasteiger partial charge in [0.05, 0.1) is 7.11 Å². The van der Waals surface area contributed by atoms with Crippen molar-refractivity contribution >= 4 is 52.6 Å². The van der Waals surface area contributed by atoms with Gasteiger partial charge in [0.25, 0.3) is 0 Å². The monoisotopic (exact) mass is 402 g/mol. The van der Waals surface area contributed by atoms with Gasteiger partial charge in [0.2, 0.25) is 0 Å². The average molecular weight is 402 g/mol. The Labute approximate surface area is 131 Å². The first-order valence-electron chi connectivity index (χ1n) is 5.45. The van der Waals surface area contributed by atoms with Crippen LogP contribution in [0.1, 0.15) is 20.8 Å². The van der Waals surface area contributed by atoms with Crippen molar-refractivity contribution in [3.63, 3.8) is 0 Å². The molecule has 0 radical (unpaired) electrons. The zero-order valence-electron chi connectivity index (χ0n) is 11.4. The maximum atomic E-state index is 12.0. The van der Waals surface area contributed by atoms with Gasteiger partial charge in [0.1, 0.15) is 0 Å². The lowest BCUT2D eigenvalue weighted by Gasteiger charge is -2.26. The number of nitrogens with zero attached hydrogens (tertiary/aromatic N) is 1. The van der Waals surface area contributed by atoms with E-state index in [9.17, 15) is 9.59 Å². The van der Waals surface area contributed by atoms with Crippen molar-refractivity contribution in [2.45, 2.75) is 26.3 Å². The Bertz CT molecular complexity index is 346. The second-order valence-corrected chi connectivity index (χ2v) is 6.45. The Balaban J connectivity index is 4.76. The zero-order valence-corrected chi connectivity index (χ0v) is 14.3. The van der Waals surface area contributed by atoms with Gasteiger partial charge in [-0.25, -0.2) is 9.59 Å². The van der Waals surface area contributed by atoms with Gasteiger partial charge >= 0.3 is 18.1 Å². The van der Waals surface area contributed by atoms with E-state index in [0.29, 0.717) is 10.7 Å². The minimum atomic E-state index is -0.705. The fourth-order valence-corrected chi connectivity index (χ4v) is 2.00. The number of alkyl halides is 1. The minimum absolute atomic E-state index is 0.515. The van der Waals surface area contributed by atoms with Crippen LogP contribution in [0.2, 0.25) is 0 Å². The molecule has 0 unspecified atom stereocenters. The van der Waals surface area contributed by atoms with Gasteiger partial charge in [-0.3, -0.25) is 10.1 Å². The highest BCUT2D eigenvalue weighted by Crippen LogP contribution is 2.05. The van der Waals surface area contributed by atoms with Crippen molar-refractivity contribution in [2.75, 3.05) is 17.3 Å². The molecular formula is C10H19IN4O3S. The second kappa shape index (κ2) is 8.46. The number of amidine groups is 1. The van der Waals surface area contributed by atoms with Crippen LogP contribution in [0.15, 0.2) is 0 Å². The van der Waals surface area contributed by atoms with Crippen LogP contribution in [0, 0.1) is 5.41 Å². The highest BCUT2D eigenvalue weighted by Gasteiger charge is 2.29. The van der Waals surface area contributed by atoms with Gasteiger partial charge in [-0.1, -0.05) is 22.6 Å². The summed E-state index contributed by atoms with van der Waals surface area (Å²) in [6.45, 7) is 5.34. The minimum Gasteiger partial charge on any atom is -0.468 e. The van der Waals surface area contributed by atoms with Crippen LogP contribution >= 0.6 is 34.5 Å². The molecule has 0 aliphatic carbocycles. The summed E-state index contributed by atoms with van der Waals surface area (Å²) in [6.07, 6.45) is 0. The van der Waals surface area contributed by atoms with E-state index in [1.807, 2.05) is 0 Å². The number of methoxy groups -OCH3 is 1. The number of carbonyl (C=O) groups excluding carboxylic acids is 2.